The van der Waals surface area contributed by atoms with Crippen molar-refractivity contribution in [1.29, 1.82) is 0 Å². The topological polar surface area (TPSA) is 92.8 Å². The predicted octanol–water partition coefficient (Wildman–Crippen LogP) is 1.49. The zero-order valence-electron chi connectivity index (χ0n) is 15.2. The smallest absolute Gasteiger partial charge is 0.326 e. The van der Waals surface area contributed by atoms with Crippen molar-refractivity contribution in [2.45, 2.75) is 19.3 Å². The van der Waals surface area contributed by atoms with Crippen LogP contribution in [0.5, 0.6) is 0 Å². The quantitative estimate of drug-likeness (QED) is 0.422. The van der Waals surface area contributed by atoms with E-state index in [0.29, 0.717) is 30.8 Å². The summed E-state index contributed by atoms with van der Waals surface area (Å²) in [7, 11) is 0. The number of halogens is 1. The summed E-state index contributed by atoms with van der Waals surface area (Å²) in [6, 6.07) is 7.30. The maximum atomic E-state index is 12.3. The van der Waals surface area contributed by atoms with Gasteiger partial charge in [0.2, 0.25) is 11.8 Å². The van der Waals surface area contributed by atoms with Crippen LogP contribution in [0.4, 0.5) is 0 Å². The van der Waals surface area contributed by atoms with Crippen molar-refractivity contribution in [2.24, 2.45) is 11.8 Å². The summed E-state index contributed by atoms with van der Waals surface area (Å²) in [5, 5.41) is 3.27. The highest BCUT2D eigenvalue weighted by Crippen LogP contribution is 2.34. The number of carbonyl (C=O) groups excluding carboxylic acids is 4. The van der Waals surface area contributed by atoms with Gasteiger partial charge in [-0.2, -0.15) is 0 Å². The zero-order valence-corrected chi connectivity index (χ0v) is 16.0. The number of ether oxygens (including phenoxy) is 1. The van der Waals surface area contributed by atoms with Crippen LogP contribution in [0.3, 0.4) is 0 Å². The zero-order chi connectivity index (χ0) is 20.1. The second kappa shape index (κ2) is 9.01. The maximum Gasteiger partial charge on any atom is 0.326 e. The third-order valence-electron chi connectivity index (χ3n) is 4.88. The molecule has 3 amide bonds. The Balaban J connectivity index is 1.39. The molecule has 1 aromatic carbocycles. The maximum absolute atomic E-state index is 12.3. The highest BCUT2D eigenvalue weighted by Gasteiger charge is 2.47. The van der Waals surface area contributed by atoms with Gasteiger partial charge in [0.05, 0.1) is 11.8 Å². The summed E-state index contributed by atoms with van der Waals surface area (Å²) in [5.74, 6) is -2.70. The minimum absolute atomic E-state index is 0.345. The van der Waals surface area contributed by atoms with Crippen LogP contribution >= 0.6 is 11.6 Å². The number of amides is 3. The normalized spacial score (nSPS) is 20.8. The number of imide groups is 1. The van der Waals surface area contributed by atoms with Crippen LogP contribution in [0.2, 0.25) is 5.02 Å². The molecule has 1 aliphatic carbocycles. The average Bonchev–Trinajstić information content (AvgIpc) is 2.92. The first-order valence-corrected chi connectivity index (χ1v) is 9.50. The number of hydrogen-bond donors (Lipinski definition) is 1. The van der Waals surface area contributed by atoms with Crippen molar-refractivity contribution < 1.29 is 23.9 Å². The van der Waals surface area contributed by atoms with Crippen LogP contribution in [0, 0.1) is 11.8 Å². The van der Waals surface area contributed by atoms with Crippen molar-refractivity contribution in [2.75, 3.05) is 19.7 Å². The van der Waals surface area contributed by atoms with Crippen LogP contribution < -0.4 is 5.32 Å². The molecule has 8 heteroatoms. The number of likely N-dealkylation sites (tertiary alicyclic amines) is 1. The van der Waals surface area contributed by atoms with E-state index in [0.717, 1.165) is 10.5 Å². The fourth-order valence-corrected chi connectivity index (χ4v) is 3.65. The van der Waals surface area contributed by atoms with Crippen molar-refractivity contribution in [1.82, 2.24) is 10.2 Å². The number of nitrogens with zero attached hydrogens (tertiary/aromatic N) is 1. The molecule has 0 bridgehead atoms. The molecule has 1 fully saturated rings. The lowest BCUT2D eigenvalue weighted by Gasteiger charge is -2.14. The molecule has 0 aromatic heterocycles. The van der Waals surface area contributed by atoms with E-state index in [1.165, 1.54) is 0 Å². The number of fused-ring (bicyclic) bond motifs is 1. The summed E-state index contributed by atoms with van der Waals surface area (Å²) < 4.78 is 4.90. The van der Waals surface area contributed by atoms with E-state index in [9.17, 15) is 19.2 Å². The SMILES string of the molecule is O=C(COC(=O)CN1C(=O)[C@H]2CC=CC[C@H]2C1=O)NCCc1cccc(Cl)c1. The molecule has 0 spiro atoms. The summed E-state index contributed by atoms with van der Waals surface area (Å²) >= 11 is 5.90. The number of carbonyl (C=O) groups is 4. The van der Waals surface area contributed by atoms with Gasteiger partial charge < -0.3 is 10.1 Å². The van der Waals surface area contributed by atoms with E-state index in [1.807, 2.05) is 30.4 Å². The van der Waals surface area contributed by atoms with Crippen molar-refractivity contribution in [3.05, 3.63) is 47.0 Å². The lowest BCUT2D eigenvalue weighted by molar-refractivity contribution is -0.154. The molecule has 0 unspecified atom stereocenters. The molecule has 1 heterocycles. The first-order chi connectivity index (χ1) is 13.5. The number of benzene rings is 1. The van der Waals surface area contributed by atoms with Crippen molar-refractivity contribution in [3.8, 4) is 0 Å². The molecule has 28 heavy (non-hydrogen) atoms. The minimum atomic E-state index is -0.779. The molecular weight excluding hydrogens is 384 g/mol. The number of hydrogen-bond acceptors (Lipinski definition) is 5. The summed E-state index contributed by atoms with van der Waals surface area (Å²) in [6.45, 7) is -0.546. The van der Waals surface area contributed by atoms with E-state index in [4.69, 9.17) is 16.3 Å². The molecule has 2 atom stereocenters. The lowest BCUT2D eigenvalue weighted by atomic mass is 9.85. The van der Waals surface area contributed by atoms with E-state index in [-0.39, 0.29) is 23.7 Å². The molecule has 148 valence electrons. The first kappa shape index (κ1) is 20.1. The Bertz CT molecular complexity index is 797. The van der Waals surface area contributed by atoms with Gasteiger partial charge in [-0.05, 0) is 37.0 Å². The van der Waals surface area contributed by atoms with E-state index in [2.05, 4.69) is 5.32 Å². The van der Waals surface area contributed by atoms with Crippen LogP contribution in [0.15, 0.2) is 36.4 Å². The Hall–Kier alpha value is -2.67. The van der Waals surface area contributed by atoms with Crippen LogP contribution in [-0.4, -0.2) is 48.3 Å². The van der Waals surface area contributed by atoms with Crippen LogP contribution in [-0.2, 0) is 30.3 Å². The van der Waals surface area contributed by atoms with Crippen LogP contribution in [0.1, 0.15) is 18.4 Å². The van der Waals surface area contributed by atoms with Crippen molar-refractivity contribution in [3.63, 3.8) is 0 Å². The Kier molecular flexibility index (Phi) is 6.46. The average molecular weight is 405 g/mol. The predicted molar refractivity (Wildman–Crippen MR) is 101 cm³/mol. The molecule has 0 radical (unpaired) electrons. The summed E-state index contributed by atoms with van der Waals surface area (Å²) in [4.78, 5) is 49.3. The van der Waals surface area contributed by atoms with Crippen LogP contribution in [0.25, 0.3) is 0 Å². The number of nitrogens with one attached hydrogen (secondary N) is 1. The van der Waals surface area contributed by atoms with E-state index >= 15 is 0 Å². The van der Waals surface area contributed by atoms with E-state index in [1.54, 1.807) is 6.07 Å². The Morgan fingerprint density at radius 1 is 1.14 bits per heavy atom. The molecular formula is C20H21ClN2O5. The molecule has 7 nitrogen and oxygen atoms in total. The summed E-state index contributed by atoms with van der Waals surface area (Å²) in [5.41, 5.74) is 0.979. The van der Waals surface area contributed by atoms with Gasteiger partial charge in [-0.3, -0.25) is 24.1 Å². The monoisotopic (exact) mass is 404 g/mol. The number of allylic oxidation sites excluding steroid dienone is 2. The highest BCUT2D eigenvalue weighted by atomic mass is 35.5. The van der Waals surface area contributed by atoms with Gasteiger partial charge in [-0.15, -0.1) is 0 Å². The minimum Gasteiger partial charge on any atom is -0.454 e. The Labute approximate surface area is 167 Å². The third kappa shape index (κ3) is 4.78. The van der Waals surface area contributed by atoms with Gasteiger partial charge in [0.25, 0.3) is 5.91 Å². The molecule has 3 rings (SSSR count). The second-order valence-electron chi connectivity index (χ2n) is 6.81. The lowest BCUT2D eigenvalue weighted by Crippen LogP contribution is -2.38. The largest absolute Gasteiger partial charge is 0.454 e. The summed E-state index contributed by atoms with van der Waals surface area (Å²) in [6.07, 6.45) is 5.36. The van der Waals surface area contributed by atoms with Gasteiger partial charge in [0.1, 0.15) is 6.54 Å². The molecule has 2 aliphatic rings. The number of esters is 1. The molecule has 0 saturated carbocycles. The van der Waals surface area contributed by atoms with E-state index < -0.39 is 25.0 Å². The van der Waals surface area contributed by atoms with Crippen molar-refractivity contribution >= 4 is 35.3 Å². The first-order valence-electron chi connectivity index (χ1n) is 9.12. The van der Waals surface area contributed by atoms with Gasteiger partial charge in [-0.25, -0.2) is 0 Å². The molecule has 1 aromatic rings. The fraction of sp³-hybridized carbons (Fsp3) is 0.400. The Morgan fingerprint density at radius 3 is 2.46 bits per heavy atom. The molecule has 1 N–H and O–H groups in total. The van der Waals surface area contributed by atoms with Gasteiger partial charge in [0, 0.05) is 11.6 Å². The standard InChI is InChI=1S/C20H21ClN2O5/c21-14-5-3-4-13(10-14)8-9-22-17(24)12-28-18(25)11-23-19(26)15-6-1-2-7-16(15)20(23)27/h1-5,10,15-16H,6-9,11-12H2,(H,22,24)/t15-,16+. The third-order valence-corrected chi connectivity index (χ3v) is 5.11. The Morgan fingerprint density at radius 2 is 1.82 bits per heavy atom. The second-order valence-corrected chi connectivity index (χ2v) is 7.25. The highest BCUT2D eigenvalue weighted by molar-refractivity contribution is 6.30. The number of rotatable bonds is 7. The van der Waals surface area contributed by atoms with Gasteiger partial charge in [0.15, 0.2) is 6.61 Å². The van der Waals surface area contributed by atoms with Gasteiger partial charge in [-0.1, -0.05) is 35.9 Å². The van der Waals surface area contributed by atoms with Gasteiger partial charge >= 0.3 is 5.97 Å². The molecule has 1 aliphatic heterocycles. The molecule has 1 saturated heterocycles. The fourth-order valence-electron chi connectivity index (χ4n) is 3.44.